The summed E-state index contributed by atoms with van der Waals surface area (Å²) in [5, 5.41) is 10.5. The number of aryl methyl sites for hydroxylation is 1. The van der Waals surface area contributed by atoms with E-state index in [1.165, 1.54) is 11.3 Å². The lowest BCUT2D eigenvalue weighted by Crippen LogP contribution is -2.40. The van der Waals surface area contributed by atoms with Gasteiger partial charge in [-0.15, -0.1) is 11.3 Å². The average molecular weight is 393 g/mol. The number of carbonyl (C=O) groups excluding carboxylic acids is 1. The number of aliphatic hydroxyl groups excluding tert-OH is 1. The fourth-order valence-electron chi connectivity index (χ4n) is 4.97. The van der Waals surface area contributed by atoms with Crippen LogP contribution in [0.2, 0.25) is 0 Å². The van der Waals surface area contributed by atoms with Gasteiger partial charge in [0.25, 0.3) is 0 Å². The Hall–Kier alpha value is -1.00. The van der Waals surface area contributed by atoms with Gasteiger partial charge in [0, 0.05) is 10.8 Å². The van der Waals surface area contributed by atoms with E-state index in [0.717, 1.165) is 56.1 Å². The van der Waals surface area contributed by atoms with Crippen LogP contribution in [0.15, 0.2) is 24.3 Å². The van der Waals surface area contributed by atoms with Gasteiger partial charge in [-0.2, -0.15) is 0 Å². The monoisotopic (exact) mass is 392 g/mol. The molecule has 2 saturated carbocycles. The average Bonchev–Trinajstić information content (AvgIpc) is 3.22. The highest BCUT2D eigenvalue weighted by Gasteiger charge is 2.41. The van der Waals surface area contributed by atoms with E-state index in [1.54, 1.807) is 11.3 Å². The highest BCUT2D eigenvalue weighted by atomic mass is 32.1. The van der Waals surface area contributed by atoms with Crippen LogP contribution in [0.3, 0.4) is 0 Å². The predicted molar refractivity (Wildman–Crippen MR) is 110 cm³/mol. The number of rotatable bonds is 10. The fourth-order valence-corrected chi connectivity index (χ4v) is 5.84. The highest BCUT2D eigenvalue weighted by molar-refractivity contribution is 7.13. The van der Waals surface area contributed by atoms with E-state index in [4.69, 9.17) is 0 Å². The van der Waals surface area contributed by atoms with Gasteiger partial charge >= 0.3 is 0 Å². The molecule has 3 unspecified atom stereocenters. The minimum atomic E-state index is -0.740. The Kier molecular flexibility index (Phi) is 7.27. The van der Waals surface area contributed by atoms with Crippen LogP contribution in [-0.2, 0) is 6.42 Å². The molecule has 2 aliphatic carbocycles. The molecule has 27 heavy (non-hydrogen) atoms. The second-order valence-electron chi connectivity index (χ2n) is 8.49. The molecular weight excluding hydrogens is 359 g/mol. The molecule has 3 rings (SSSR count). The van der Waals surface area contributed by atoms with Crippen molar-refractivity contribution < 1.29 is 14.3 Å². The molecule has 0 amide bonds. The Morgan fingerprint density at radius 2 is 2.19 bits per heavy atom. The largest absolute Gasteiger partial charge is 0.392 e. The third-order valence-electron chi connectivity index (χ3n) is 7.05. The van der Waals surface area contributed by atoms with Gasteiger partial charge in [0.1, 0.15) is 6.17 Å². The highest BCUT2D eigenvalue weighted by Crippen LogP contribution is 2.47. The van der Waals surface area contributed by atoms with Crippen molar-refractivity contribution in [2.24, 2.45) is 17.3 Å². The van der Waals surface area contributed by atoms with Crippen molar-refractivity contribution in [1.29, 1.82) is 0 Å². The van der Waals surface area contributed by atoms with Crippen molar-refractivity contribution in [1.82, 2.24) is 0 Å². The maximum absolute atomic E-state index is 14.4. The zero-order valence-corrected chi connectivity index (χ0v) is 17.2. The Morgan fingerprint density at radius 1 is 1.37 bits per heavy atom. The summed E-state index contributed by atoms with van der Waals surface area (Å²) in [5.74, 6) is 0.410. The SMILES string of the molecule is CCC1(C(O)C/C=C/C2C(F)CC[C@@H]2CCCc2ccc(C=O)s2)CCC1. The van der Waals surface area contributed by atoms with Gasteiger partial charge in [-0.25, -0.2) is 4.39 Å². The van der Waals surface area contributed by atoms with E-state index in [-0.39, 0.29) is 17.4 Å². The molecule has 2 fully saturated rings. The van der Waals surface area contributed by atoms with Crippen molar-refractivity contribution in [3.8, 4) is 0 Å². The second kappa shape index (κ2) is 9.47. The van der Waals surface area contributed by atoms with Crippen LogP contribution in [0.1, 0.15) is 79.3 Å². The zero-order chi connectivity index (χ0) is 19.3. The van der Waals surface area contributed by atoms with Gasteiger partial charge < -0.3 is 5.11 Å². The third kappa shape index (κ3) is 4.89. The summed E-state index contributed by atoms with van der Waals surface area (Å²) in [7, 11) is 0. The molecule has 4 atom stereocenters. The van der Waals surface area contributed by atoms with E-state index in [9.17, 15) is 14.3 Å². The lowest BCUT2D eigenvalue weighted by Gasteiger charge is -2.45. The maximum atomic E-state index is 14.4. The Labute approximate surface area is 166 Å². The summed E-state index contributed by atoms with van der Waals surface area (Å²) in [6, 6.07) is 3.91. The maximum Gasteiger partial charge on any atom is 0.160 e. The molecule has 0 bridgehead atoms. The van der Waals surface area contributed by atoms with Crippen molar-refractivity contribution >= 4 is 17.6 Å². The molecule has 0 radical (unpaired) electrons. The Balaban J connectivity index is 1.47. The van der Waals surface area contributed by atoms with Crippen LogP contribution >= 0.6 is 11.3 Å². The van der Waals surface area contributed by atoms with E-state index in [1.807, 2.05) is 18.2 Å². The van der Waals surface area contributed by atoms with Gasteiger partial charge in [0.15, 0.2) is 6.29 Å². The van der Waals surface area contributed by atoms with Crippen LogP contribution in [-0.4, -0.2) is 23.7 Å². The first-order valence-corrected chi connectivity index (χ1v) is 11.4. The first-order chi connectivity index (χ1) is 13.1. The number of hydrogen-bond donors (Lipinski definition) is 1. The van der Waals surface area contributed by atoms with Crippen molar-refractivity contribution in [2.45, 2.75) is 83.4 Å². The van der Waals surface area contributed by atoms with Crippen molar-refractivity contribution in [3.63, 3.8) is 0 Å². The first-order valence-electron chi connectivity index (χ1n) is 10.6. The van der Waals surface area contributed by atoms with Gasteiger partial charge in [-0.05, 0) is 81.3 Å². The van der Waals surface area contributed by atoms with Gasteiger partial charge in [0.05, 0.1) is 11.0 Å². The summed E-state index contributed by atoms with van der Waals surface area (Å²) in [6.07, 6.45) is 13.8. The zero-order valence-electron chi connectivity index (χ0n) is 16.4. The molecule has 4 heteroatoms. The van der Waals surface area contributed by atoms with Crippen LogP contribution in [0.25, 0.3) is 0 Å². The predicted octanol–water partition coefficient (Wildman–Crippen LogP) is 6.14. The molecular formula is C23H33FO2S. The molecule has 0 aliphatic heterocycles. The van der Waals surface area contributed by atoms with E-state index < -0.39 is 6.17 Å². The first kappa shape index (κ1) is 20.7. The third-order valence-corrected chi connectivity index (χ3v) is 8.12. The lowest BCUT2D eigenvalue weighted by atomic mass is 9.63. The van der Waals surface area contributed by atoms with Gasteiger partial charge in [0.2, 0.25) is 0 Å². The smallest absolute Gasteiger partial charge is 0.160 e. The van der Waals surface area contributed by atoms with Crippen LogP contribution in [0, 0.1) is 17.3 Å². The molecule has 1 N–H and O–H groups in total. The van der Waals surface area contributed by atoms with Crippen LogP contribution in [0.5, 0.6) is 0 Å². The fraction of sp³-hybridized carbons (Fsp3) is 0.696. The molecule has 1 aromatic heterocycles. The number of carbonyl (C=O) groups is 1. The molecule has 0 spiro atoms. The molecule has 0 aromatic carbocycles. The summed E-state index contributed by atoms with van der Waals surface area (Å²) in [6.45, 7) is 2.17. The number of halogens is 1. The van der Waals surface area contributed by atoms with E-state index in [0.29, 0.717) is 18.8 Å². The molecule has 1 aromatic rings. The molecule has 150 valence electrons. The van der Waals surface area contributed by atoms with Gasteiger partial charge in [-0.1, -0.05) is 25.5 Å². The summed E-state index contributed by atoms with van der Waals surface area (Å²) in [4.78, 5) is 12.8. The number of alkyl halides is 1. The van der Waals surface area contributed by atoms with Crippen LogP contribution < -0.4 is 0 Å². The molecule has 2 aliphatic rings. The molecule has 1 heterocycles. The number of aliphatic hydroxyl groups is 1. The summed E-state index contributed by atoms with van der Waals surface area (Å²) >= 11 is 1.56. The lowest BCUT2D eigenvalue weighted by molar-refractivity contribution is -0.0355. The summed E-state index contributed by atoms with van der Waals surface area (Å²) < 4.78 is 14.4. The number of hydrogen-bond acceptors (Lipinski definition) is 3. The standard InChI is InChI=1S/C23H33FO2S/c1-2-23(14-5-15-23)22(26)9-4-8-20-17(10-13-21(20)24)6-3-7-18-11-12-19(16-25)27-18/h4,8,11-12,16-17,20-22,26H,2-3,5-7,9-10,13-15H2,1H3/b8-4+/t17-,20?,21?,22?/m0/s1. The minimum absolute atomic E-state index is 0.00467. The Morgan fingerprint density at radius 3 is 2.81 bits per heavy atom. The molecule has 0 saturated heterocycles. The Bertz CT molecular complexity index is 629. The second-order valence-corrected chi connectivity index (χ2v) is 9.69. The van der Waals surface area contributed by atoms with Crippen molar-refractivity contribution in [2.75, 3.05) is 0 Å². The van der Waals surface area contributed by atoms with Crippen molar-refractivity contribution in [3.05, 3.63) is 34.0 Å². The number of allylic oxidation sites excluding steroid dienone is 1. The topological polar surface area (TPSA) is 37.3 Å². The van der Waals surface area contributed by atoms with E-state index >= 15 is 0 Å². The quantitative estimate of drug-likeness (QED) is 0.384. The van der Waals surface area contributed by atoms with Gasteiger partial charge in [-0.3, -0.25) is 4.79 Å². The van der Waals surface area contributed by atoms with E-state index in [2.05, 4.69) is 13.0 Å². The normalized spacial score (nSPS) is 28.3. The minimum Gasteiger partial charge on any atom is -0.392 e. The van der Waals surface area contributed by atoms with Crippen LogP contribution in [0.4, 0.5) is 4.39 Å². The summed E-state index contributed by atoms with van der Waals surface area (Å²) in [5.41, 5.74) is 0.121. The number of aldehydes is 1. The number of thiophene rings is 1. The molecule has 2 nitrogen and oxygen atoms in total.